The van der Waals surface area contributed by atoms with E-state index in [0.29, 0.717) is 18.8 Å². The number of aryl methyl sites for hydroxylation is 1. The van der Waals surface area contributed by atoms with Gasteiger partial charge in [0.05, 0.1) is 12.8 Å². The van der Waals surface area contributed by atoms with Crippen LogP contribution < -0.4 is 10.1 Å². The highest BCUT2D eigenvalue weighted by Crippen LogP contribution is 2.23. The number of ether oxygens (including phenoxy) is 1. The van der Waals surface area contributed by atoms with Crippen LogP contribution in [0.4, 0.5) is 0 Å². The topological polar surface area (TPSA) is 88.5 Å². The van der Waals surface area contributed by atoms with Crippen LogP contribution in [-0.2, 0) is 11.2 Å². The molecule has 2 rings (SSSR count). The van der Waals surface area contributed by atoms with Crippen molar-refractivity contribution in [3.8, 4) is 5.75 Å². The Balaban J connectivity index is 2.06. The van der Waals surface area contributed by atoms with E-state index >= 15 is 0 Å². The molecule has 1 unspecified atom stereocenters. The summed E-state index contributed by atoms with van der Waals surface area (Å²) in [7, 11) is 0. The number of fused-ring (bicyclic) bond motifs is 1. The first-order chi connectivity index (χ1) is 10.1. The number of rotatable bonds is 6. The number of carbonyl (C=O) groups is 2. The first-order valence-electron chi connectivity index (χ1n) is 7.27. The van der Waals surface area contributed by atoms with Crippen LogP contribution in [0, 0.1) is 0 Å². The molecule has 0 spiro atoms. The van der Waals surface area contributed by atoms with Crippen molar-refractivity contribution in [2.45, 2.75) is 45.1 Å². The molecule has 1 aliphatic heterocycles. The van der Waals surface area contributed by atoms with Crippen molar-refractivity contribution >= 4 is 11.9 Å². The molecule has 2 N–H and O–H groups in total. The maximum absolute atomic E-state index is 12.1. The van der Waals surface area contributed by atoms with Crippen LogP contribution in [0.2, 0.25) is 0 Å². The molecule has 1 aromatic heterocycles. The lowest BCUT2D eigenvalue weighted by Gasteiger charge is -2.18. The monoisotopic (exact) mass is 292 g/mol. The molecule has 1 aromatic rings. The van der Waals surface area contributed by atoms with E-state index < -0.39 is 17.9 Å². The Bertz CT molecular complexity index is 530. The number of carbonyl (C=O) groups excluding carboxylic acids is 1. The number of carboxylic acid groups (broad SMARTS) is 1. The molecule has 1 atom stereocenters. The van der Waals surface area contributed by atoms with E-state index in [-0.39, 0.29) is 5.69 Å². The summed E-state index contributed by atoms with van der Waals surface area (Å²) in [5, 5.41) is 11.7. The average Bonchev–Trinajstić information content (AvgIpc) is 2.50. The molecule has 1 aliphatic rings. The molecule has 0 aromatic carbocycles. The van der Waals surface area contributed by atoms with Gasteiger partial charge in [0.15, 0.2) is 0 Å². The fourth-order valence-electron chi connectivity index (χ4n) is 2.28. The van der Waals surface area contributed by atoms with E-state index in [2.05, 4.69) is 10.3 Å². The van der Waals surface area contributed by atoms with Gasteiger partial charge in [-0.1, -0.05) is 19.8 Å². The summed E-state index contributed by atoms with van der Waals surface area (Å²) in [5.74, 6) is -0.761. The van der Waals surface area contributed by atoms with Crippen molar-refractivity contribution in [3.05, 3.63) is 23.5 Å². The number of unbranched alkanes of at least 4 members (excludes halogenated alkanes) is 1. The minimum absolute atomic E-state index is 0.238. The number of amides is 1. The predicted octanol–water partition coefficient (Wildman–Crippen LogP) is 1.78. The zero-order chi connectivity index (χ0) is 15.2. The van der Waals surface area contributed by atoms with Gasteiger partial charge in [0.2, 0.25) is 0 Å². The van der Waals surface area contributed by atoms with E-state index in [4.69, 9.17) is 9.84 Å². The maximum atomic E-state index is 12.1. The molecule has 6 nitrogen and oxygen atoms in total. The van der Waals surface area contributed by atoms with Crippen molar-refractivity contribution in [3.63, 3.8) is 0 Å². The fourth-order valence-corrected chi connectivity index (χ4v) is 2.28. The third kappa shape index (κ3) is 3.93. The lowest BCUT2D eigenvalue weighted by molar-refractivity contribution is -0.139. The van der Waals surface area contributed by atoms with Crippen LogP contribution in [0.5, 0.6) is 5.75 Å². The lowest BCUT2D eigenvalue weighted by Crippen LogP contribution is -2.41. The summed E-state index contributed by atoms with van der Waals surface area (Å²) in [6.45, 7) is 2.64. The predicted molar refractivity (Wildman–Crippen MR) is 76.5 cm³/mol. The normalized spacial score (nSPS) is 14.7. The number of aromatic nitrogens is 1. The highest BCUT2D eigenvalue weighted by Gasteiger charge is 2.22. The smallest absolute Gasteiger partial charge is 0.326 e. The summed E-state index contributed by atoms with van der Waals surface area (Å²) < 4.78 is 5.44. The average molecular weight is 292 g/mol. The quantitative estimate of drug-likeness (QED) is 0.834. The third-order valence-electron chi connectivity index (χ3n) is 3.48. The molecule has 0 saturated heterocycles. The van der Waals surface area contributed by atoms with Crippen LogP contribution in [0.15, 0.2) is 12.3 Å². The molecule has 0 saturated carbocycles. The first-order valence-corrected chi connectivity index (χ1v) is 7.27. The summed E-state index contributed by atoms with van der Waals surface area (Å²) in [6.07, 6.45) is 5.34. The number of aliphatic carboxylic acids is 1. The van der Waals surface area contributed by atoms with Gasteiger partial charge in [-0.15, -0.1) is 0 Å². The fraction of sp³-hybridized carbons (Fsp3) is 0.533. The van der Waals surface area contributed by atoms with Crippen LogP contribution in [-0.4, -0.2) is 34.6 Å². The number of pyridine rings is 1. The van der Waals surface area contributed by atoms with E-state index in [0.717, 1.165) is 31.2 Å². The van der Waals surface area contributed by atoms with Gasteiger partial charge in [0.1, 0.15) is 17.5 Å². The molecule has 0 aliphatic carbocycles. The highest BCUT2D eigenvalue weighted by molar-refractivity contribution is 5.95. The summed E-state index contributed by atoms with van der Waals surface area (Å²) in [4.78, 5) is 27.3. The van der Waals surface area contributed by atoms with Gasteiger partial charge >= 0.3 is 5.97 Å². The third-order valence-corrected chi connectivity index (χ3v) is 3.48. The maximum Gasteiger partial charge on any atom is 0.326 e. The number of hydrogen-bond donors (Lipinski definition) is 2. The van der Waals surface area contributed by atoms with Crippen molar-refractivity contribution in [2.24, 2.45) is 0 Å². The second kappa shape index (κ2) is 7.06. The number of carboxylic acids is 1. The van der Waals surface area contributed by atoms with Gasteiger partial charge in [-0.2, -0.15) is 0 Å². The van der Waals surface area contributed by atoms with E-state index in [9.17, 15) is 9.59 Å². The van der Waals surface area contributed by atoms with Crippen molar-refractivity contribution in [2.75, 3.05) is 6.61 Å². The zero-order valence-corrected chi connectivity index (χ0v) is 12.1. The molecular formula is C15H20N2O4. The Morgan fingerprint density at radius 1 is 1.52 bits per heavy atom. The van der Waals surface area contributed by atoms with Gasteiger partial charge in [0.25, 0.3) is 5.91 Å². The molecule has 114 valence electrons. The molecule has 1 amide bonds. The minimum atomic E-state index is -1.02. The van der Waals surface area contributed by atoms with Gasteiger partial charge in [-0.25, -0.2) is 9.78 Å². The first kappa shape index (κ1) is 15.3. The summed E-state index contributed by atoms with van der Waals surface area (Å²) in [5.41, 5.74) is 1.18. The van der Waals surface area contributed by atoms with E-state index in [1.54, 1.807) is 6.07 Å². The highest BCUT2D eigenvalue weighted by atomic mass is 16.5. The standard InChI is InChI=1S/C15H20N2O4/c1-2-3-6-11(15(19)20)17-14(18)12-8-10-5-4-7-21-13(10)9-16-12/h8-9,11H,2-7H2,1H3,(H,17,18)(H,19,20). The molecule has 21 heavy (non-hydrogen) atoms. The molecule has 0 bridgehead atoms. The molecular weight excluding hydrogens is 272 g/mol. The molecule has 0 fully saturated rings. The summed E-state index contributed by atoms with van der Waals surface area (Å²) in [6, 6.07) is 0.814. The second-order valence-corrected chi connectivity index (χ2v) is 5.14. The SMILES string of the molecule is CCCCC(NC(=O)c1cc2c(cn1)OCCC2)C(=O)O. The van der Waals surface area contributed by atoms with Crippen LogP contribution >= 0.6 is 0 Å². The van der Waals surface area contributed by atoms with Gasteiger partial charge < -0.3 is 15.2 Å². The molecule has 6 heteroatoms. The number of hydrogen-bond acceptors (Lipinski definition) is 4. The zero-order valence-electron chi connectivity index (χ0n) is 12.1. The van der Waals surface area contributed by atoms with Crippen LogP contribution in [0.1, 0.15) is 48.7 Å². The van der Waals surface area contributed by atoms with E-state index in [1.165, 1.54) is 6.20 Å². The summed E-state index contributed by atoms with van der Waals surface area (Å²) >= 11 is 0. The van der Waals surface area contributed by atoms with Gasteiger partial charge in [-0.3, -0.25) is 4.79 Å². The van der Waals surface area contributed by atoms with Gasteiger partial charge in [-0.05, 0) is 30.9 Å². The largest absolute Gasteiger partial charge is 0.492 e. The Hall–Kier alpha value is -2.11. The Morgan fingerprint density at radius 3 is 3.05 bits per heavy atom. The minimum Gasteiger partial charge on any atom is -0.492 e. The van der Waals surface area contributed by atoms with Crippen LogP contribution in [0.3, 0.4) is 0 Å². The second-order valence-electron chi connectivity index (χ2n) is 5.14. The van der Waals surface area contributed by atoms with Crippen molar-refractivity contribution in [1.82, 2.24) is 10.3 Å². The van der Waals surface area contributed by atoms with Gasteiger partial charge in [0, 0.05) is 0 Å². The number of nitrogens with zero attached hydrogens (tertiary/aromatic N) is 1. The van der Waals surface area contributed by atoms with E-state index in [1.807, 2.05) is 6.92 Å². The molecule has 0 radical (unpaired) electrons. The Morgan fingerprint density at radius 2 is 2.33 bits per heavy atom. The van der Waals surface area contributed by atoms with Crippen LogP contribution in [0.25, 0.3) is 0 Å². The Kier molecular flexibility index (Phi) is 5.14. The lowest BCUT2D eigenvalue weighted by atomic mass is 10.1. The molecule has 2 heterocycles. The number of nitrogens with one attached hydrogen (secondary N) is 1. The van der Waals surface area contributed by atoms with Crippen molar-refractivity contribution in [1.29, 1.82) is 0 Å². The van der Waals surface area contributed by atoms with Crippen molar-refractivity contribution < 1.29 is 19.4 Å². The Labute approximate surface area is 123 Å².